The molecule has 0 spiro atoms. The molecule has 0 saturated heterocycles. The Labute approximate surface area is 109 Å². The Morgan fingerprint density at radius 2 is 2.18 bits per heavy atom. The van der Waals surface area contributed by atoms with Crippen molar-refractivity contribution < 1.29 is 0 Å². The van der Waals surface area contributed by atoms with Gasteiger partial charge in [0.15, 0.2) is 5.13 Å². The highest BCUT2D eigenvalue weighted by Crippen LogP contribution is 2.17. The minimum Gasteiger partial charge on any atom is -0.375 e. The van der Waals surface area contributed by atoms with Gasteiger partial charge in [0.1, 0.15) is 5.01 Å². The van der Waals surface area contributed by atoms with Crippen molar-refractivity contribution in [2.75, 3.05) is 12.3 Å². The molecule has 6 heteroatoms. The van der Waals surface area contributed by atoms with Gasteiger partial charge in [0.2, 0.25) is 0 Å². The summed E-state index contributed by atoms with van der Waals surface area (Å²) in [5.41, 5.74) is 7.73. The molecule has 92 valence electrons. The zero-order valence-corrected chi connectivity index (χ0v) is 11.6. The van der Waals surface area contributed by atoms with Gasteiger partial charge >= 0.3 is 0 Å². The molecule has 4 nitrogen and oxygen atoms in total. The number of hydrogen-bond acceptors (Lipinski definition) is 6. The maximum absolute atomic E-state index is 5.58. The molecule has 1 atom stereocenters. The van der Waals surface area contributed by atoms with Gasteiger partial charge in [-0.15, -0.1) is 22.7 Å². The number of nitrogens with two attached hydrogens (primary N) is 1. The highest BCUT2D eigenvalue weighted by atomic mass is 32.1. The largest absolute Gasteiger partial charge is 0.375 e. The Hall–Kier alpha value is -0.980. The van der Waals surface area contributed by atoms with E-state index < -0.39 is 0 Å². The molecular weight excluding hydrogens is 252 g/mol. The summed E-state index contributed by atoms with van der Waals surface area (Å²) >= 11 is 3.19. The van der Waals surface area contributed by atoms with E-state index >= 15 is 0 Å². The summed E-state index contributed by atoms with van der Waals surface area (Å²) in [4.78, 5) is 8.69. The van der Waals surface area contributed by atoms with Crippen molar-refractivity contribution in [3.8, 4) is 0 Å². The van der Waals surface area contributed by atoms with Crippen LogP contribution in [0.25, 0.3) is 0 Å². The minimum atomic E-state index is 0.296. The van der Waals surface area contributed by atoms with Crippen LogP contribution in [0, 0.1) is 6.92 Å². The van der Waals surface area contributed by atoms with E-state index in [0.717, 1.165) is 29.4 Å². The predicted molar refractivity (Wildman–Crippen MR) is 73.5 cm³/mol. The van der Waals surface area contributed by atoms with Crippen LogP contribution in [-0.4, -0.2) is 16.5 Å². The Kier molecular flexibility index (Phi) is 4.09. The average molecular weight is 268 g/mol. The Morgan fingerprint density at radius 3 is 2.76 bits per heavy atom. The molecule has 2 heterocycles. The molecule has 0 saturated carbocycles. The van der Waals surface area contributed by atoms with Crippen molar-refractivity contribution in [2.45, 2.75) is 26.3 Å². The van der Waals surface area contributed by atoms with Gasteiger partial charge in [-0.1, -0.05) is 0 Å². The Balaban J connectivity index is 1.78. The summed E-state index contributed by atoms with van der Waals surface area (Å²) in [5.74, 6) is 0. The zero-order chi connectivity index (χ0) is 12.3. The minimum absolute atomic E-state index is 0.296. The van der Waals surface area contributed by atoms with E-state index in [9.17, 15) is 0 Å². The lowest BCUT2D eigenvalue weighted by molar-refractivity contribution is 0.571. The van der Waals surface area contributed by atoms with E-state index in [1.165, 1.54) is 11.3 Å². The van der Waals surface area contributed by atoms with E-state index in [4.69, 9.17) is 5.73 Å². The average Bonchev–Trinajstić information content (AvgIpc) is 2.88. The summed E-state index contributed by atoms with van der Waals surface area (Å²) in [7, 11) is 0. The molecule has 0 amide bonds. The third-order valence-corrected chi connectivity index (χ3v) is 4.28. The van der Waals surface area contributed by atoms with Crippen molar-refractivity contribution in [3.05, 3.63) is 27.2 Å². The number of nitrogens with zero attached hydrogens (tertiary/aromatic N) is 2. The van der Waals surface area contributed by atoms with Crippen LogP contribution in [0.15, 0.2) is 10.8 Å². The van der Waals surface area contributed by atoms with Gasteiger partial charge in [0.25, 0.3) is 0 Å². The molecule has 2 aromatic rings. The van der Waals surface area contributed by atoms with Crippen LogP contribution in [0.1, 0.15) is 29.4 Å². The standard InChI is InChI=1S/C11H16N4S2/c1-7-5-16-10(14-7)8(2)13-4-3-9-6-17-11(12)15-9/h5-6,8,13H,3-4H2,1-2H3,(H2,12,15). The number of nitrogen functional groups attached to an aromatic ring is 1. The second kappa shape index (κ2) is 5.57. The molecule has 2 aromatic heterocycles. The van der Waals surface area contributed by atoms with Crippen molar-refractivity contribution in [1.82, 2.24) is 15.3 Å². The van der Waals surface area contributed by atoms with Crippen LogP contribution < -0.4 is 11.1 Å². The summed E-state index contributed by atoms with van der Waals surface area (Å²) in [6, 6.07) is 0.296. The van der Waals surface area contributed by atoms with Gasteiger partial charge < -0.3 is 11.1 Å². The zero-order valence-electron chi connectivity index (χ0n) is 9.93. The van der Waals surface area contributed by atoms with Crippen LogP contribution >= 0.6 is 22.7 Å². The number of hydrogen-bond donors (Lipinski definition) is 2. The molecule has 3 N–H and O–H groups in total. The number of thiazole rings is 2. The first-order chi connectivity index (χ1) is 8.15. The SMILES string of the molecule is Cc1csc(C(C)NCCc2csc(N)n2)n1. The van der Waals surface area contributed by atoms with E-state index in [0.29, 0.717) is 11.2 Å². The second-order valence-corrected chi connectivity index (χ2v) is 5.71. The van der Waals surface area contributed by atoms with Gasteiger partial charge in [0, 0.05) is 29.4 Å². The molecule has 1 unspecified atom stereocenters. The number of aromatic nitrogens is 2. The molecule has 0 radical (unpaired) electrons. The molecule has 0 bridgehead atoms. The maximum atomic E-state index is 5.58. The quantitative estimate of drug-likeness (QED) is 0.874. The molecular formula is C11H16N4S2. The Bertz CT molecular complexity index is 477. The monoisotopic (exact) mass is 268 g/mol. The third kappa shape index (κ3) is 3.49. The smallest absolute Gasteiger partial charge is 0.180 e. The van der Waals surface area contributed by atoms with E-state index in [1.54, 1.807) is 11.3 Å². The van der Waals surface area contributed by atoms with E-state index in [1.807, 2.05) is 12.3 Å². The molecule has 17 heavy (non-hydrogen) atoms. The highest BCUT2D eigenvalue weighted by molar-refractivity contribution is 7.13. The van der Waals surface area contributed by atoms with Crippen LogP contribution in [0.5, 0.6) is 0 Å². The van der Waals surface area contributed by atoms with Gasteiger partial charge in [0.05, 0.1) is 11.7 Å². The molecule has 0 aromatic carbocycles. The maximum Gasteiger partial charge on any atom is 0.180 e. The summed E-state index contributed by atoms with van der Waals surface area (Å²) < 4.78 is 0. The molecule has 2 rings (SSSR count). The van der Waals surface area contributed by atoms with Crippen LogP contribution in [0.3, 0.4) is 0 Å². The number of aryl methyl sites for hydroxylation is 1. The summed E-state index contributed by atoms with van der Waals surface area (Å²) in [5, 5.41) is 9.31. The third-order valence-electron chi connectivity index (χ3n) is 2.41. The lowest BCUT2D eigenvalue weighted by atomic mass is 10.3. The predicted octanol–water partition coefficient (Wildman–Crippen LogP) is 2.38. The molecule has 0 aliphatic rings. The summed E-state index contributed by atoms with van der Waals surface area (Å²) in [6.07, 6.45) is 0.905. The number of anilines is 1. The van der Waals surface area contributed by atoms with Crippen molar-refractivity contribution in [2.24, 2.45) is 0 Å². The Morgan fingerprint density at radius 1 is 1.35 bits per heavy atom. The van der Waals surface area contributed by atoms with Crippen LogP contribution in [0.2, 0.25) is 0 Å². The van der Waals surface area contributed by atoms with Crippen molar-refractivity contribution in [3.63, 3.8) is 0 Å². The lowest BCUT2D eigenvalue weighted by Crippen LogP contribution is -2.21. The van der Waals surface area contributed by atoms with E-state index in [2.05, 4.69) is 27.6 Å². The number of nitrogens with one attached hydrogen (secondary N) is 1. The van der Waals surface area contributed by atoms with Gasteiger partial charge in [-0.2, -0.15) is 0 Å². The first-order valence-electron chi connectivity index (χ1n) is 5.50. The molecule has 0 aliphatic carbocycles. The fourth-order valence-electron chi connectivity index (χ4n) is 1.51. The van der Waals surface area contributed by atoms with Crippen molar-refractivity contribution in [1.29, 1.82) is 0 Å². The first-order valence-corrected chi connectivity index (χ1v) is 7.26. The van der Waals surface area contributed by atoms with Crippen molar-refractivity contribution >= 4 is 27.8 Å². The van der Waals surface area contributed by atoms with Gasteiger partial charge in [-0.05, 0) is 13.8 Å². The fourth-order valence-corrected chi connectivity index (χ4v) is 2.94. The second-order valence-electron chi connectivity index (χ2n) is 3.93. The number of rotatable bonds is 5. The van der Waals surface area contributed by atoms with Gasteiger partial charge in [-0.3, -0.25) is 0 Å². The van der Waals surface area contributed by atoms with E-state index in [-0.39, 0.29) is 0 Å². The molecule has 0 aliphatic heterocycles. The lowest BCUT2D eigenvalue weighted by Gasteiger charge is -2.09. The topological polar surface area (TPSA) is 63.8 Å². The normalized spacial score (nSPS) is 12.8. The highest BCUT2D eigenvalue weighted by Gasteiger charge is 2.08. The van der Waals surface area contributed by atoms with Gasteiger partial charge in [-0.25, -0.2) is 9.97 Å². The fraction of sp³-hybridized carbons (Fsp3) is 0.455. The first kappa shape index (κ1) is 12.5. The molecule has 0 fully saturated rings. The van der Waals surface area contributed by atoms with Crippen LogP contribution in [-0.2, 0) is 6.42 Å². The van der Waals surface area contributed by atoms with Crippen LogP contribution in [0.4, 0.5) is 5.13 Å². The summed E-state index contributed by atoms with van der Waals surface area (Å²) in [6.45, 7) is 5.04.